The van der Waals surface area contributed by atoms with E-state index in [2.05, 4.69) is 0 Å². The van der Waals surface area contributed by atoms with Crippen LogP contribution in [0.2, 0.25) is 0 Å². The second-order valence-corrected chi connectivity index (χ2v) is 7.75. The Hall–Kier alpha value is -0.471. The molecular formula is C13H14Cl2O2Se. The number of esters is 1. The molecular weight excluding hydrogens is 338 g/mol. The fraction of sp³-hybridized carbons (Fsp3) is 0.308. The van der Waals surface area contributed by atoms with Crippen molar-refractivity contribution in [2.45, 2.75) is 20.8 Å². The van der Waals surface area contributed by atoms with E-state index in [1.54, 1.807) is 20.8 Å². The van der Waals surface area contributed by atoms with E-state index in [4.69, 9.17) is 27.9 Å². The number of hydrogen-bond donors (Lipinski definition) is 0. The fourth-order valence-electron chi connectivity index (χ4n) is 0.931. The Kier molecular flexibility index (Phi) is 5.74. The maximum absolute atomic E-state index is 11.8. The Balaban J connectivity index is 2.81. The summed E-state index contributed by atoms with van der Waals surface area (Å²) in [5.74, 6) is -0.339. The number of rotatable bonds is 3. The topological polar surface area (TPSA) is 26.3 Å². The van der Waals surface area contributed by atoms with Gasteiger partial charge in [-0.25, -0.2) is 0 Å². The molecule has 0 aliphatic carbocycles. The minimum absolute atomic E-state index is 0.0106. The maximum atomic E-state index is 11.8. The van der Waals surface area contributed by atoms with Crippen LogP contribution in [0.15, 0.2) is 39.5 Å². The molecule has 1 rings (SSSR count). The summed E-state index contributed by atoms with van der Waals surface area (Å²) < 4.78 is 6.68. The van der Waals surface area contributed by atoms with E-state index in [1.165, 1.54) is 0 Å². The number of carbonyl (C=O) groups excluding carboxylic acids is 1. The second-order valence-electron chi connectivity index (χ2n) is 4.60. The van der Waals surface area contributed by atoms with Crippen molar-refractivity contribution in [2.24, 2.45) is 5.41 Å². The average molecular weight is 352 g/mol. The van der Waals surface area contributed by atoms with Gasteiger partial charge >= 0.3 is 124 Å². The van der Waals surface area contributed by atoms with Crippen LogP contribution in [-0.4, -0.2) is 20.9 Å². The standard InChI is InChI=1S/C13H14Cl2O2Se/c1-13(2,3)12(16)17-11(10(14)15)18-9-7-5-4-6-8-9/h4-8H,1-3H3. The van der Waals surface area contributed by atoms with Crippen LogP contribution in [0.1, 0.15) is 20.8 Å². The first-order valence-corrected chi connectivity index (χ1v) is 7.78. The van der Waals surface area contributed by atoms with Crippen LogP contribution in [0, 0.1) is 5.41 Å². The van der Waals surface area contributed by atoms with Gasteiger partial charge in [-0.15, -0.1) is 0 Å². The summed E-state index contributed by atoms with van der Waals surface area (Å²) in [6.07, 6.45) is 0. The predicted molar refractivity (Wildman–Crippen MR) is 76.1 cm³/mol. The van der Waals surface area contributed by atoms with Crippen LogP contribution in [-0.2, 0) is 9.53 Å². The van der Waals surface area contributed by atoms with E-state index >= 15 is 0 Å². The Morgan fingerprint density at radius 3 is 2.17 bits per heavy atom. The molecule has 1 aromatic rings. The van der Waals surface area contributed by atoms with E-state index in [0.29, 0.717) is 4.66 Å². The van der Waals surface area contributed by atoms with Gasteiger partial charge in [-0.05, 0) is 0 Å². The van der Waals surface area contributed by atoms with E-state index in [9.17, 15) is 4.79 Å². The molecule has 0 aliphatic heterocycles. The molecule has 18 heavy (non-hydrogen) atoms. The van der Waals surface area contributed by atoms with Gasteiger partial charge in [-0.2, -0.15) is 0 Å². The monoisotopic (exact) mass is 352 g/mol. The predicted octanol–water partition coefficient (Wildman–Crippen LogP) is 3.21. The van der Waals surface area contributed by atoms with Crippen LogP contribution in [0.4, 0.5) is 0 Å². The summed E-state index contributed by atoms with van der Waals surface area (Å²) in [5, 5.41) is 0. The van der Waals surface area contributed by atoms with Gasteiger partial charge < -0.3 is 0 Å². The van der Waals surface area contributed by atoms with Crippen molar-refractivity contribution in [1.82, 2.24) is 0 Å². The Morgan fingerprint density at radius 1 is 1.17 bits per heavy atom. The van der Waals surface area contributed by atoms with Crippen molar-refractivity contribution in [1.29, 1.82) is 0 Å². The zero-order chi connectivity index (χ0) is 13.8. The third kappa shape index (κ3) is 5.03. The minimum atomic E-state index is -0.582. The van der Waals surface area contributed by atoms with E-state index in [1.807, 2.05) is 30.3 Å². The number of hydrogen-bond acceptors (Lipinski definition) is 2. The van der Waals surface area contributed by atoms with Gasteiger partial charge in [0.05, 0.1) is 0 Å². The molecule has 0 heterocycles. The molecule has 0 atom stereocenters. The van der Waals surface area contributed by atoms with E-state index in [-0.39, 0.29) is 25.4 Å². The normalized spacial score (nSPS) is 10.9. The molecule has 0 N–H and O–H groups in total. The summed E-state index contributed by atoms with van der Waals surface area (Å²) in [5.41, 5.74) is -0.582. The molecule has 2 nitrogen and oxygen atoms in total. The van der Waals surface area contributed by atoms with Gasteiger partial charge in [-0.1, -0.05) is 0 Å². The first kappa shape index (κ1) is 15.6. The molecule has 0 amide bonds. The van der Waals surface area contributed by atoms with Crippen molar-refractivity contribution in [3.05, 3.63) is 39.5 Å². The molecule has 0 saturated carbocycles. The number of ether oxygens (including phenoxy) is 1. The van der Waals surface area contributed by atoms with Crippen molar-refractivity contribution >= 4 is 48.6 Å². The first-order valence-electron chi connectivity index (χ1n) is 5.31. The molecule has 0 saturated heterocycles. The molecule has 0 radical (unpaired) electrons. The Labute approximate surface area is 123 Å². The van der Waals surface area contributed by atoms with Crippen LogP contribution < -0.4 is 4.46 Å². The number of carbonyl (C=O) groups is 1. The molecule has 0 unspecified atom stereocenters. The molecule has 0 spiro atoms. The molecule has 5 heteroatoms. The van der Waals surface area contributed by atoms with Gasteiger partial charge in [-0.3, -0.25) is 0 Å². The van der Waals surface area contributed by atoms with Gasteiger partial charge in [0.2, 0.25) is 0 Å². The first-order chi connectivity index (χ1) is 8.30. The van der Waals surface area contributed by atoms with Gasteiger partial charge in [0.15, 0.2) is 0 Å². The van der Waals surface area contributed by atoms with E-state index in [0.717, 1.165) is 4.46 Å². The van der Waals surface area contributed by atoms with E-state index < -0.39 is 5.41 Å². The molecule has 0 fully saturated rings. The van der Waals surface area contributed by atoms with Crippen LogP contribution >= 0.6 is 23.2 Å². The summed E-state index contributed by atoms with van der Waals surface area (Å²) >= 11 is 11.3. The van der Waals surface area contributed by atoms with Crippen molar-refractivity contribution < 1.29 is 9.53 Å². The SMILES string of the molecule is CC(C)(C)C(=O)OC([Se]c1ccccc1)=C(Cl)Cl. The van der Waals surface area contributed by atoms with Gasteiger partial charge in [0.25, 0.3) is 0 Å². The molecule has 0 aliphatic rings. The van der Waals surface area contributed by atoms with Crippen LogP contribution in [0.25, 0.3) is 0 Å². The molecule has 1 aromatic carbocycles. The van der Waals surface area contributed by atoms with Gasteiger partial charge in [0, 0.05) is 0 Å². The van der Waals surface area contributed by atoms with Crippen molar-refractivity contribution in [3.63, 3.8) is 0 Å². The van der Waals surface area contributed by atoms with Crippen LogP contribution in [0.3, 0.4) is 0 Å². The molecule has 98 valence electrons. The third-order valence-corrected chi connectivity index (χ3v) is 4.82. The average Bonchev–Trinajstić information content (AvgIpc) is 2.28. The zero-order valence-corrected chi connectivity index (χ0v) is 13.6. The van der Waals surface area contributed by atoms with Crippen molar-refractivity contribution in [3.8, 4) is 0 Å². The van der Waals surface area contributed by atoms with Crippen molar-refractivity contribution in [2.75, 3.05) is 0 Å². The van der Waals surface area contributed by atoms with Gasteiger partial charge in [0.1, 0.15) is 0 Å². The summed E-state index contributed by atoms with van der Waals surface area (Å²) in [6.45, 7) is 5.35. The third-order valence-electron chi connectivity index (χ3n) is 1.91. The summed E-state index contributed by atoms with van der Waals surface area (Å²) in [7, 11) is 0. The quantitative estimate of drug-likeness (QED) is 0.475. The number of halogens is 2. The Morgan fingerprint density at radius 2 is 1.72 bits per heavy atom. The molecule has 0 aromatic heterocycles. The van der Waals surface area contributed by atoms with Crippen LogP contribution in [0.5, 0.6) is 0 Å². The number of benzene rings is 1. The molecule has 0 bridgehead atoms. The summed E-state index contributed by atoms with van der Waals surface area (Å²) in [6, 6.07) is 9.65. The Bertz CT molecular complexity index is 446. The zero-order valence-electron chi connectivity index (χ0n) is 10.4. The summed E-state index contributed by atoms with van der Waals surface area (Å²) in [4.78, 5) is 11.8. The second kappa shape index (κ2) is 6.63. The fourth-order valence-corrected chi connectivity index (χ4v) is 2.88.